The Morgan fingerprint density at radius 3 is 2.68 bits per heavy atom. The molecule has 3 saturated carbocycles. The van der Waals surface area contributed by atoms with Crippen LogP contribution in [0.5, 0.6) is 0 Å². The van der Waals surface area contributed by atoms with Crippen molar-refractivity contribution in [2.45, 2.75) is 71.8 Å². The van der Waals surface area contributed by atoms with Gasteiger partial charge in [0.2, 0.25) is 0 Å². The van der Waals surface area contributed by atoms with Crippen molar-refractivity contribution in [3.8, 4) is 0 Å². The summed E-state index contributed by atoms with van der Waals surface area (Å²) in [5.41, 5.74) is 3.42. The highest BCUT2D eigenvalue weighted by molar-refractivity contribution is 6.05. The Hall–Kier alpha value is -2.17. The average molecular weight is 423 g/mol. The van der Waals surface area contributed by atoms with Gasteiger partial charge in [0.25, 0.3) is 0 Å². The Morgan fingerprint density at radius 2 is 1.97 bits per heavy atom. The first kappa shape index (κ1) is 20.7. The summed E-state index contributed by atoms with van der Waals surface area (Å²) < 4.78 is 7.39. The molecular formula is C26H34N2O3. The lowest BCUT2D eigenvalue weighted by atomic mass is 9.48. The summed E-state index contributed by atoms with van der Waals surface area (Å²) in [6.45, 7) is 6.17. The minimum Gasteiger partial charge on any atom is -0.462 e. The zero-order valence-electron chi connectivity index (χ0n) is 19.2. The van der Waals surface area contributed by atoms with Gasteiger partial charge >= 0.3 is 5.97 Å². The number of rotatable bonds is 2. The molecule has 0 aromatic carbocycles. The van der Waals surface area contributed by atoms with Crippen LogP contribution in [0.25, 0.3) is 6.08 Å². The van der Waals surface area contributed by atoms with E-state index < -0.39 is 0 Å². The second kappa shape index (κ2) is 7.18. The lowest BCUT2D eigenvalue weighted by Gasteiger charge is -2.56. The van der Waals surface area contributed by atoms with Crippen LogP contribution < -0.4 is 0 Å². The van der Waals surface area contributed by atoms with Crippen molar-refractivity contribution in [3.05, 3.63) is 35.2 Å². The fourth-order valence-electron chi connectivity index (χ4n) is 7.47. The number of ether oxygens (including phenoxy) is 1. The molecule has 31 heavy (non-hydrogen) atoms. The van der Waals surface area contributed by atoms with E-state index >= 15 is 0 Å². The number of hydrogen-bond donors (Lipinski definition) is 0. The smallest absolute Gasteiger partial charge is 0.302 e. The molecule has 5 rings (SSSR count). The molecule has 0 saturated heterocycles. The minimum atomic E-state index is -0.234. The summed E-state index contributed by atoms with van der Waals surface area (Å²) in [6.07, 6.45) is 13.3. The molecule has 5 heteroatoms. The first-order chi connectivity index (χ1) is 14.7. The lowest BCUT2D eigenvalue weighted by Crippen LogP contribution is -2.50. The van der Waals surface area contributed by atoms with E-state index in [9.17, 15) is 9.59 Å². The SMILES string of the molecule is CC(=O)OC1CCC2(C)C(=CCC3C4C/C(=C\c5ccnn5C)C(=O)C4(C)CCC32)C1. The van der Waals surface area contributed by atoms with Crippen molar-refractivity contribution in [2.24, 2.45) is 35.6 Å². The number of carbonyl (C=O) groups is 2. The molecule has 6 unspecified atom stereocenters. The summed E-state index contributed by atoms with van der Waals surface area (Å²) in [7, 11) is 1.93. The molecule has 166 valence electrons. The summed E-state index contributed by atoms with van der Waals surface area (Å²) in [5.74, 6) is 1.77. The predicted octanol–water partition coefficient (Wildman–Crippen LogP) is 4.88. The number of hydrogen-bond acceptors (Lipinski definition) is 4. The molecule has 4 aliphatic rings. The third kappa shape index (κ3) is 3.15. The van der Waals surface area contributed by atoms with Gasteiger partial charge in [0.15, 0.2) is 5.78 Å². The van der Waals surface area contributed by atoms with E-state index in [0.29, 0.717) is 23.5 Å². The summed E-state index contributed by atoms with van der Waals surface area (Å²) in [4.78, 5) is 25.0. The normalized spacial score (nSPS) is 40.7. The number of nitrogens with zero attached hydrogens (tertiary/aromatic N) is 2. The number of fused-ring (bicyclic) bond motifs is 5. The molecule has 3 fully saturated rings. The maximum atomic E-state index is 13.5. The molecule has 0 radical (unpaired) electrons. The number of allylic oxidation sites excluding steroid dienone is 2. The summed E-state index contributed by atoms with van der Waals surface area (Å²) in [6, 6.07) is 1.98. The number of ketones is 1. The van der Waals surface area contributed by atoms with E-state index in [0.717, 1.165) is 56.2 Å². The maximum Gasteiger partial charge on any atom is 0.302 e. The number of carbonyl (C=O) groups excluding carboxylic acids is 2. The van der Waals surface area contributed by atoms with Gasteiger partial charge in [-0.15, -0.1) is 0 Å². The fraction of sp³-hybridized carbons (Fsp3) is 0.654. The van der Waals surface area contributed by atoms with E-state index in [4.69, 9.17) is 4.74 Å². The Labute approximate surface area is 184 Å². The van der Waals surface area contributed by atoms with Gasteiger partial charge in [-0.2, -0.15) is 5.10 Å². The van der Waals surface area contributed by atoms with E-state index in [2.05, 4.69) is 31.1 Å². The molecule has 0 spiro atoms. The van der Waals surface area contributed by atoms with Gasteiger partial charge in [0, 0.05) is 32.0 Å². The van der Waals surface area contributed by atoms with Gasteiger partial charge in [-0.1, -0.05) is 25.5 Å². The van der Waals surface area contributed by atoms with Crippen LogP contribution in [0.15, 0.2) is 29.5 Å². The molecule has 1 aromatic rings. The highest BCUT2D eigenvalue weighted by atomic mass is 16.5. The average Bonchev–Trinajstić information content (AvgIpc) is 3.23. The highest BCUT2D eigenvalue weighted by Gasteiger charge is 2.60. The molecule has 6 atom stereocenters. The lowest BCUT2D eigenvalue weighted by molar-refractivity contribution is -0.148. The molecule has 1 heterocycles. The Kier molecular flexibility index (Phi) is 4.80. The van der Waals surface area contributed by atoms with E-state index in [1.165, 1.54) is 12.5 Å². The maximum absolute atomic E-state index is 13.5. The highest BCUT2D eigenvalue weighted by Crippen LogP contribution is 2.64. The van der Waals surface area contributed by atoms with Gasteiger partial charge < -0.3 is 4.74 Å². The van der Waals surface area contributed by atoms with Crippen LogP contribution >= 0.6 is 0 Å². The van der Waals surface area contributed by atoms with Gasteiger partial charge in [0.1, 0.15) is 6.10 Å². The molecule has 5 nitrogen and oxygen atoms in total. The molecule has 0 aliphatic heterocycles. The third-order valence-corrected chi connectivity index (χ3v) is 9.21. The largest absolute Gasteiger partial charge is 0.462 e. The summed E-state index contributed by atoms with van der Waals surface area (Å²) in [5, 5.41) is 4.26. The molecule has 1 aromatic heterocycles. The molecular weight excluding hydrogens is 388 g/mol. The Morgan fingerprint density at radius 1 is 1.19 bits per heavy atom. The minimum absolute atomic E-state index is 0.0312. The Bertz CT molecular complexity index is 989. The Balaban J connectivity index is 1.43. The van der Waals surface area contributed by atoms with Crippen molar-refractivity contribution >= 4 is 17.8 Å². The molecule has 0 N–H and O–H groups in total. The molecule has 4 aliphatic carbocycles. The fourth-order valence-corrected chi connectivity index (χ4v) is 7.47. The van der Waals surface area contributed by atoms with Crippen molar-refractivity contribution in [3.63, 3.8) is 0 Å². The van der Waals surface area contributed by atoms with Crippen LogP contribution in [0.1, 0.15) is 71.4 Å². The van der Waals surface area contributed by atoms with E-state index in [1.807, 2.05) is 17.8 Å². The molecule has 0 amide bonds. The van der Waals surface area contributed by atoms with Crippen LogP contribution in [0.3, 0.4) is 0 Å². The van der Waals surface area contributed by atoms with Gasteiger partial charge in [-0.3, -0.25) is 14.3 Å². The van der Waals surface area contributed by atoms with Crippen molar-refractivity contribution in [1.29, 1.82) is 0 Å². The van der Waals surface area contributed by atoms with Crippen molar-refractivity contribution < 1.29 is 14.3 Å². The number of aryl methyl sites for hydroxylation is 1. The van der Waals surface area contributed by atoms with E-state index in [-0.39, 0.29) is 22.9 Å². The van der Waals surface area contributed by atoms with Crippen molar-refractivity contribution in [2.75, 3.05) is 0 Å². The van der Waals surface area contributed by atoms with Gasteiger partial charge in [0.05, 0.1) is 5.69 Å². The van der Waals surface area contributed by atoms with Crippen molar-refractivity contribution in [1.82, 2.24) is 9.78 Å². The van der Waals surface area contributed by atoms with E-state index in [1.54, 1.807) is 6.20 Å². The van der Waals surface area contributed by atoms with Crippen LogP contribution in [-0.4, -0.2) is 27.6 Å². The third-order valence-electron chi connectivity index (χ3n) is 9.21. The first-order valence-corrected chi connectivity index (χ1v) is 11.8. The van der Waals surface area contributed by atoms with Crippen LogP contribution in [0.4, 0.5) is 0 Å². The zero-order valence-corrected chi connectivity index (χ0v) is 19.2. The number of aromatic nitrogens is 2. The predicted molar refractivity (Wildman–Crippen MR) is 119 cm³/mol. The first-order valence-electron chi connectivity index (χ1n) is 11.8. The zero-order chi connectivity index (χ0) is 22.0. The van der Waals surface area contributed by atoms with Crippen LogP contribution in [0, 0.1) is 28.6 Å². The van der Waals surface area contributed by atoms with Gasteiger partial charge in [-0.05, 0) is 79.4 Å². The van der Waals surface area contributed by atoms with Crippen LogP contribution in [0.2, 0.25) is 0 Å². The summed E-state index contributed by atoms with van der Waals surface area (Å²) >= 11 is 0. The monoisotopic (exact) mass is 422 g/mol. The van der Waals surface area contributed by atoms with Crippen LogP contribution in [-0.2, 0) is 21.4 Å². The second-order valence-corrected chi connectivity index (χ2v) is 10.8. The standard InChI is InChI=1S/C26H34N2O3/c1-16(29)31-20-7-10-25(2)18(15-20)5-6-21-22(25)8-11-26(3)23(21)14-17(24(26)30)13-19-9-12-27-28(19)4/h5,9,12-13,20-23H,6-8,10-11,14-15H2,1-4H3/b17-13+. The molecule has 0 bridgehead atoms. The second-order valence-electron chi connectivity index (χ2n) is 10.8. The topological polar surface area (TPSA) is 61.2 Å². The number of esters is 1. The van der Waals surface area contributed by atoms with Gasteiger partial charge in [-0.25, -0.2) is 0 Å². The quantitative estimate of drug-likeness (QED) is 0.387. The number of Topliss-reactive ketones (excluding diaryl/α,β-unsaturated/α-hetero) is 1.